The largest absolute Gasteiger partial charge is 0.477 e. The van der Waals surface area contributed by atoms with E-state index >= 15 is 0 Å². The third-order valence-electron chi connectivity index (χ3n) is 7.07. The van der Waals surface area contributed by atoms with E-state index in [-0.39, 0.29) is 41.4 Å². The molecule has 9 nitrogen and oxygen atoms in total. The van der Waals surface area contributed by atoms with E-state index in [2.05, 4.69) is 0 Å². The van der Waals surface area contributed by atoms with Gasteiger partial charge in [0.15, 0.2) is 0 Å². The zero-order valence-electron chi connectivity index (χ0n) is 20.6. The molecular formula is C26H23F3N4O5. The minimum atomic E-state index is -4.62. The SMILES string of the molecule is CC(C)n1c(=O)n(C)c2ccc(-n3cc(C(=O)O)c(=O)n(C4CCc5c4cccc5C(F)(F)F)c3=O)cc21. The van der Waals surface area contributed by atoms with Crippen molar-refractivity contribution >= 4 is 17.0 Å². The van der Waals surface area contributed by atoms with Gasteiger partial charge in [0.05, 0.1) is 28.3 Å². The predicted octanol–water partition coefficient (Wildman–Crippen LogP) is 3.49. The second kappa shape index (κ2) is 8.61. The molecule has 2 aromatic carbocycles. The lowest BCUT2D eigenvalue weighted by Crippen LogP contribution is -2.43. The fourth-order valence-electron chi connectivity index (χ4n) is 5.35. The summed E-state index contributed by atoms with van der Waals surface area (Å²) in [4.78, 5) is 51.6. The Balaban J connectivity index is 1.78. The van der Waals surface area contributed by atoms with Crippen molar-refractivity contribution < 1.29 is 23.1 Å². The number of benzene rings is 2. The van der Waals surface area contributed by atoms with Crippen LogP contribution in [0.4, 0.5) is 13.2 Å². The van der Waals surface area contributed by atoms with Crippen LogP contribution < -0.4 is 16.9 Å². The number of alkyl halides is 3. The maximum absolute atomic E-state index is 13.7. The molecule has 1 aliphatic rings. The Morgan fingerprint density at radius 1 is 1.05 bits per heavy atom. The van der Waals surface area contributed by atoms with E-state index in [4.69, 9.17) is 0 Å². The van der Waals surface area contributed by atoms with Gasteiger partial charge in [0, 0.05) is 19.3 Å². The number of halogens is 3. The van der Waals surface area contributed by atoms with Crippen molar-refractivity contribution in [2.24, 2.45) is 7.05 Å². The number of aromatic nitrogens is 4. The van der Waals surface area contributed by atoms with Crippen LogP contribution in [0, 0.1) is 0 Å². The number of nitrogens with zero attached hydrogens (tertiary/aromatic N) is 4. The maximum Gasteiger partial charge on any atom is 0.416 e. The van der Waals surface area contributed by atoms with E-state index in [1.165, 1.54) is 27.3 Å². The summed E-state index contributed by atoms with van der Waals surface area (Å²) in [7, 11) is 1.60. The number of rotatable bonds is 4. The molecule has 0 bridgehead atoms. The second-order valence-electron chi connectivity index (χ2n) is 9.58. The molecule has 38 heavy (non-hydrogen) atoms. The van der Waals surface area contributed by atoms with E-state index in [9.17, 15) is 37.5 Å². The number of carboxylic acids is 1. The molecule has 5 rings (SSSR count). The fraction of sp³-hybridized carbons (Fsp3) is 0.308. The molecule has 0 saturated carbocycles. The lowest BCUT2D eigenvalue weighted by molar-refractivity contribution is -0.138. The monoisotopic (exact) mass is 528 g/mol. The minimum absolute atomic E-state index is 0.0183. The normalized spacial score (nSPS) is 15.4. The van der Waals surface area contributed by atoms with Gasteiger partial charge in [-0.2, -0.15) is 13.2 Å². The molecule has 1 atom stereocenters. The highest BCUT2D eigenvalue weighted by atomic mass is 19.4. The van der Waals surface area contributed by atoms with Gasteiger partial charge < -0.3 is 5.11 Å². The molecular weight excluding hydrogens is 505 g/mol. The third kappa shape index (κ3) is 3.70. The van der Waals surface area contributed by atoms with Crippen LogP contribution in [0.25, 0.3) is 16.7 Å². The van der Waals surface area contributed by atoms with Crippen molar-refractivity contribution in [2.75, 3.05) is 0 Å². The molecule has 0 saturated heterocycles. The lowest BCUT2D eigenvalue weighted by atomic mass is 10.0. The number of aromatic carboxylic acids is 1. The number of hydrogen-bond donors (Lipinski definition) is 1. The van der Waals surface area contributed by atoms with Crippen molar-refractivity contribution in [2.45, 2.75) is 44.9 Å². The van der Waals surface area contributed by atoms with E-state index in [1.807, 2.05) is 13.8 Å². The Bertz CT molecular complexity index is 1810. The first-order valence-electron chi connectivity index (χ1n) is 11.8. The van der Waals surface area contributed by atoms with Crippen LogP contribution in [0.1, 0.15) is 59.4 Å². The van der Waals surface area contributed by atoms with Crippen molar-refractivity contribution in [3.63, 3.8) is 0 Å². The van der Waals surface area contributed by atoms with Crippen LogP contribution >= 0.6 is 0 Å². The summed E-state index contributed by atoms with van der Waals surface area (Å²) in [6.45, 7) is 3.63. The molecule has 1 N–H and O–H groups in total. The van der Waals surface area contributed by atoms with Gasteiger partial charge >= 0.3 is 23.5 Å². The first-order chi connectivity index (χ1) is 17.8. The summed E-state index contributed by atoms with van der Waals surface area (Å²) in [6, 6.07) is 6.93. The standard InChI is InChI=1S/C26H23F3N4O5/c1-13(2)32-21-11-14(7-9-20(21)30(3)24(32)37)31-12-17(23(35)36)22(34)33(25(31)38)19-10-8-15-16(19)5-4-6-18(15)26(27,28)29/h4-7,9,11-13,19H,8,10H2,1-3H3,(H,35,36). The summed E-state index contributed by atoms with van der Waals surface area (Å²) in [5.41, 5.74) is -2.43. The van der Waals surface area contributed by atoms with Crippen molar-refractivity contribution in [3.05, 3.63) is 96.2 Å². The van der Waals surface area contributed by atoms with Crippen molar-refractivity contribution in [1.82, 2.24) is 18.3 Å². The van der Waals surface area contributed by atoms with Gasteiger partial charge in [0.2, 0.25) is 0 Å². The highest BCUT2D eigenvalue weighted by molar-refractivity contribution is 5.87. The molecule has 0 spiro atoms. The number of imidazole rings is 1. The number of hydrogen-bond acceptors (Lipinski definition) is 4. The molecule has 2 heterocycles. The van der Waals surface area contributed by atoms with Crippen LogP contribution in [-0.4, -0.2) is 29.3 Å². The summed E-state index contributed by atoms with van der Waals surface area (Å²) >= 11 is 0. The van der Waals surface area contributed by atoms with Crippen molar-refractivity contribution in [3.8, 4) is 5.69 Å². The van der Waals surface area contributed by atoms with Gasteiger partial charge in [-0.05, 0) is 62.1 Å². The van der Waals surface area contributed by atoms with Gasteiger partial charge in [0.25, 0.3) is 5.56 Å². The average Bonchev–Trinajstić information content (AvgIpc) is 3.37. The number of aryl methyl sites for hydroxylation is 1. The Morgan fingerprint density at radius 2 is 1.76 bits per heavy atom. The molecule has 198 valence electrons. The highest BCUT2D eigenvalue weighted by Crippen LogP contribution is 2.41. The first kappa shape index (κ1) is 25.3. The van der Waals surface area contributed by atoms with Gasteiger partial charge in [-0.3, -0.25) is 23.1 Å². The molecule has 2 aromatic heterocycles. The lowest BCUT2D eigenvalue weighted by Gasteiger charge is -2.19. The van der Waals surface area contributed by atoms with Crippen LogP contribution in [-0.2, 0) is 19.6 Å². The van der Waals surface area contributed by atoms with E-state index in [0.29, 0.717) is 11.0 Å². The molecule has 0 radical (unpaired) electrons. The Labute approximate surface area is 212 Å². The topological polar surface area (TPSA) is 108 Å². The van der Waals surface area contributed by atoms with Crippen LogP contribution in [0.15, 0.2) is 57.0 Å². The predicted molar refractivity (Wildman–Crippen MR) is 132 cm³/mol. The summed E-state index contributed by atoms with van der Waals surface area (Å²) in [6.07, 6.45) is -3.72. The molecule has 0 fully saturated rings. The molecule has 0 amide bonds. The summed E-state index contributed by atoms with van der Waals surface area (Å²) < 4.78 is 45.5. The van der Waals surface area contributed by atoms with Gasteiger partial charge in [0.1, 0.15) is 5.56 Å². The van der Waals surface area contributed by atoms with Gasteiger partial charge in [-0.15, -0.1) is 0 Å². The molecule has 12 heteroatoms. The third-order valence-corrected chi connectivity index (χ3v) is 7.07. The zero-order chi connectivity index (χ0) is 27.7. The van der Waals surface area contributed by atoms with Crippen LogP contribution in [0.2, 0.25) is 0 Å². The Hall–Kier alpha value is -4.35. The number of carbonyl (C=O) groups is 1. The van der Waals surface area contributed by atoms with Crippen LogP contribution in [0.3, 0.4) is 0 Å². The quantitative estimate of drug-likeness (QED) is 0.436. The highest BCUT2D eigenvalue weighted by Gasteiger charge is 2.38. The molecule has 1 unspecified atom stereocenters. The first-order valence-corrected chi connectivity index (χ1v) is 11.8. The van der Waals surface area contributed by atoms with Crippen LogP contribution in [0.5, 0.6) is 0 Å². The van der Waals surface area contributed by atoms with E-state index in [0.717, 1.165) is 21.4 Å². The second-order valence-corrected chi connectivity index (χ2v) is 9.58. The zero-order valence-corrected chi connectivity index (χ0v) is 20.6. The van der Waals surface area contributed by atoms with E-state index in [1.54, 1.807) is 19.2 Å². The maximum atomic E-state index is 13.7. The molecule has 4 aromatic rings. The van der Waals surface area contributed by atoms with E-state index < -0.39 is 40.6 Å². The number of carboxylic acid groups (broad SMARTS) is 1. The van der Waals surface area contributed by atoms with Gasteiger partial charge in [-0.25, -0.2) is 14.4 Å². The fourth-order valence-corrected chi connectivity index (χ4v) is 5.35. The number of fused-ring (bicyclic) bond motifs is 2. The summed E-state index contributed by atoms with van der Waals surface area (Å²) in [5.74, 6) is -1.58. The molecule has 0 aliphatic heterocycles. The van der Waals surface area contributed by atoms with Crippen molar-refractivity contribution in [1.29, 1.82) is 0 Å². The smallest absolute Gasteiger partial charge is 0.416 e. The minimum Gasteiger partial charge on any atom is -0.477 e. The molecule has 1 aliphatic carbocycles. The average molecular weight is 528 g/mol. The van der Waals surface area contributed by atoms with Gasteiger partial charge in [-0.1, -0.05) is 12.1 Å². The Morgan fingerprint density at radius 3 is 2.39 bits per heavy atom. The Kier molecular flexibility index (Phi) is 5.73. The summed E-state index contributed by atoms with van der Waals surface area (Å²) in [5, 5.41) is 9.74.